The lowest BCUT2D eigenvalue weighted by Crippen LogP contribution is -2.35. The Morgan fingerprint density at radius 3 is 2.53 bits per heavy atom. The average molecular weight is 284 g/mol. The maximum absolute atomic E-state index is 14.1. The first-order valence-electron chi connectivity index (χ1n) is 7.14. The quantitative estimate of drug-likeness (QED) is 0.688. The maximum atomic E-state index is 14.1. The lowest BCUT2D eigenvalue weighted by molar-refractivity contribution is 0.209. The average Bonchev–Trinajstić information content (AvgIpc) is 2.28. The number of rotatable bonds is 6. The van der Waals surface area contributed by atoms with E-state index in [1.807, 2.05) is 12.1 Å². The predicted octanol–water partition coefficient (Wildman–Crippen LogP) is 4.63. The van der Waals surface area contributed by atoms with Crippen molar-refractivity contribution in [3.8, 4) is 0 Å². The molecule has 3 heteroatoms. The summed E-state index contributed by atoms with van der Waals surface area (Å²) in [5, 5.41) is 0.489. The third-order valence-corrected chi connectivity index (χ3v) is 4.56. The summed E-state index contributed by atoms with van der Waals surface area (Å²) in [5.74, 6) is -0.125. The number of halogens is 2. The molecule has 0 N–H and O–H groups in total. The molecular weight excluding hydrogens is 261 g/mol. The summed E-state index contributed by atoms with van der Waals surface area (Å²) in [6.07, 6.45) is 6.90. The molecule has 1 saturated carbocycles. The lowest BCUT2D eigenvalue weighted by atomic mass is 9.62. The fraction of sp³-hybridized carbons (Fsp3) is 0.625. The second-order valence-corrected chi connectivity index (χ2v) is 6.45. The molecule has 1 fully saturated rings. The minimum Gasteiger partial charge on any atom is -0.309 e. The summed E-state index contributed by atoms with van der Waals surface area (Å²) in [4.78, 5) is 2.20. The van der Waals surface area contributed by atoms with Gasteiger partial charge < -0.3 is 4.90 Å². The Labute approximate surface area is 120 Å². The van der Waals surface area contributed by atoms with E-state index in [2.05, 4.69) is 19.0 Å². The van der Waals surface area contributed by atoms with Crippen molar-refractivity contribution in [2.24, 2.45) is 0 Å². The van der Waals surface area contributed by atoms with Gasteiger partial charge in [0.25, 0.3) is 0 Å². The standard InChI is InChI=1S/C16H23ClFN/c1-19(2)11-4-3-8-16(9-5-10-16)14-7-6-13(17)12-15(14)18/h6-7,12H,3-5,8-11H2,1-2H3. The van der Waals surface area contributed by atoms with Gasteiger partial charge in [0.2, 0.25) is 0 Å². The van der Waals surface area contributed by atoms with Crippen LogP contribution in [0.3, 0.4) is 0 Å². The number of nitrogens with zero attached hydrogens (tertiary/aromatic N) is 1. The molecule has 2 rings (SSSR count). The number of unbranched alkanes of at least 4 members (excludes halogenated alkanes) is 1. The van der Waals surface area contributed by atoms with E-state index < -0.39 is 0 Å². The van der Waals surface area contributed by atoms with Crippen LogP contribution in [0.15, 0.2) is 18.2 Å². The van der Waals surface area contributed by atoms with Crippen LogP contribution in [0.5, 0.6) is 0 Å². The molecule has 0 spiro atoms. The summed E-state index contributed by atoms with van der Waals surface area (Å²) in [7, 11) is 4.19. The van der Waals surface area contributed by atoms with Crippen molar-refractivity contribution in [1.82, 2.24) is 4.90 Å². The van der Waals surface area contributed by atoms with Gasteiger partial charge in [-0.2, -0.15) is 0 Å². The van der Waals surface area contributed by atoms with Crippen LogP contribution in [0.1, 0.15) is 44.1 Å². The zero-order chi connectivity index (χ0) is 13.9. The first-order chi connectivity index (χ1) is 9.03. The van der Waals surface area contributed by atoms with Crippen LogP contribution >= 0.6 is 11.6 Å². The van der Waals surface area contributed by atoms with E-state index >= 15 is 0 Å². The molecule has 0 heterocycles. The van der Waals surface area contributed by atoms with Gasteiger partial charge in [0.1, 0.15) is 5.82 Å². The van der Waals surface area contributed by atoms with Gasteiger partial charge in [-0.3, -0.25) is 0 Å². The topological polar surface area (TPSA) is 3.24 Å². The molecule has 0 unspecified atom stereocenters. The highest BCUT2D eigenvalue weighted by Crippen LogP contribution is 2.48. The molecule has 1 aliphatic carbocycles. The van der Waals surface area contributed by atoms with Gasteiger partial charge in [-0.15, -0.1) is 0 Å². The minimum atomic E-state index is -0.125. The highest BCUT2D eigenvalue weighted by atomic mass is 35.5. The van der Waals surface area contributed by atoms with Gasteiger partial charge in [-0.1, -0.05) is 30.5 Å². The van der Waals surface area contributed by atoms with E-state index in [4.69, 9.17) is 11.6 Å². The molecule has 0 atom stereocenters. The number of hydrogen-bond donors (Lipinski definition) is 0. The van der Waals surface area contributed by atoms with E-state index in [9.17, 15) is 4.39 Å². The van der Waals surface area contributed by atoms with Crippen molar-refractivity contribution >= 4 is 11.6 Å². The largest absolute Gasteiger partial charge is 0.309 e. The second kappa shape index (κ2) is 6.23. The van der Waals surface area contributed by atoms with Crippen LogP contribution in [-0.4, -0.2) is 25.5 Å². The molecule has 0 amide bonds. The van der Waals surface area contributed by atoms with E-state index in [0.717, 1.165) is 31.4 Å². The molecule has 1 nitrogen and oxygen atoms in total. The Hall–Kier alpha value is -0.600. The first-order valence-corrected chi connectivity index (χ1v) is 7.52. The normalized spacial score (nSPS) is 17.5. The van der Waals surface area contributed by atoms with Gasteiger partial charge in [-0.05, 0) is 69.4 Å². The SMILES string of the molecule is CN(C)CCCCC1(c2ccc(Cl)cc2F)CCC1. The van der Waals surface area contributed by atoms with Gasteiger partial charge in [0.15, 0.2) is 0 Å². The van der Waals surface area contributed by atoms with E-state index in [1.54, 1.807) is 0 Å². The van der Waals surface area contributed by atoms with Gasteiger partial charge in [-0.25, -0.2) is 4.39 Å². The van der Waals surface area contributed by atoms with E-state index in [1.165, 1.54) is 25.3 Å². The molecule has 1 aliphatic rings. The molecule has 1 aromatic rings. The number of benzene rings is 1. The van der Waals surface area contributed by atoms with Crippen molar-refractivity contribution in [2.45, 2.75) is 43.9 Å². The Balaban J connectivity index is 2.01. The fourth-order valence-corrected chi connectivity index (χ4v) is 3.23. The molecule has 106 valence electrons. The van der Waals surface area contributed by atoms with Crippen LogP contribution in [0.2, 0.25) is 5.02 Å². The summed E-state index contributed by atoms with van der Waals surface area (Å²) in [5.41, 5.74) is 0.967. The van der Waals surface area contributed by atoms with Crippen LogP contribution in [0.4, 0.5) is 4.39 Å². The highest BCUT2D eigenvalue weighted by molar-refractivity contribution is 6.30. The summed E-state index contributed by atoms with van der Waals surface area (Å²) in [6, 6.07) is 5.17. The third kappa shape index (κ3) is 3.49. The van der Waals surface area contributed by atoms with Crippen molar-refractivity contribution in [2.75, 3.05) is 20.6 Å². The van der Waals surface area contributed by atoms with Gasteiger partial charge in [0.05, 0.1) is 0 Å². The van der Waals surface area contributed by atoms with Crippen LogP contribution in [0.25, 0.3) is 0 Å². The summed E-state index contributed by atoms with van der Waals surface area (Å²) >= 11 is 5.84. The highest BCUT2D eigenvalue weighted by Gasteiger charge is 2.39. The van der Waals surface area contributed by atoms with Gasteiger partial charge >= 0.3 is 0 Å². The molecule has 0 bridgehead atoms. The lowest BCUT2D eigenvalue weighted by Gasteiger charge is -2.43. The smallest absolute Gasteiger partial charge is 0.128 e. The third-order valence-electron chi connectivity index (χ3n) is 4.32. The van der Waals surface area contributed by atoms with Crippen LogP contribution in [-0.2, 0) is 5.41 Å². The molecule has 0 saturated heterocycles. The predicted molar refractivity (Wildman–Crippen MR) is 79.3 cm³/mol. The second-order valence-electron chi connectivity index (χ2n) is 6.02. The summed E-state index contributed by atoms with van der Waals surface area (Å²) < 4.78 is 14.1. The zero-order valence-electron chi connectivity index (χ0n) is 11.9. The van der Waals surface area contributed by atoms with Gasteiger partial charge in [0, 0.05) is 5.02 Å². The number of hydrogen-bond acceptors (Lipinski definition) is 1. The van der Waals surface area contributed by atoms with Crippen molar-refractivity contribution < 1.29 is 4.39 Å². The minimum absolute atomic E-state index is 0.0843. The van der Waals surface area contributed by atoms with Crippen LogP contribution in [0, 0.1) is 5.82 Å². The summed E-state index contributed by atoms with van der Waals surface area (Å²) in [6.45, 7) is 1.11. The molecule has 19 heavy (non-hydrogen) atoms. The molecule has 0 aliphatic heterocycles. The Morgan fingerprint density at radius 2 is 2.00 bits per heavy atom. The maximum Gasteiger partial charge on any atom is 0.128 e. The molecule has 1 aromatic carbocycles. The molecular formula is C16H23ClFN. The Morgan fingerprint density at radius 1 is 1.26 bits per heavy atom. The Kier molecular flexibility index (Phi) is 4.86. The Bertz CT molecular complexity index is 427. The van der Waals surface area contributed by atoms with Crippen molar-refractivity contribution in [3.63, 3.8) is 0 Å². The molecule has 0 aromatic heterocycles. The van der Waals surface area contributed by atoms with E-state index in [0.29, 0.717) is 5.02 Å². The molecule has 0 radical (unpaired) electrons. The van der Waals surface area contributed by atoms with E-state index in [-0.39, 0.29) is 11.2 Å². The zero-order valence-corrected chi connectivity index (χ0v) is 12.6. The van der Waals surface area contributed by atoms with Crippen molar-refractivity contribution in [1.29, 1.82) is 0 Å². The van der Waals surface area contributed by atoms with Crippen LogP contribution < -0.4 is 0 Å². The van der Waals surface area contributed by atoms with Crippen molar-refractivity contribution in [3.05, 3.63) is 34.6 Å². The fourth-order valence-electron chi connectivity index (χ4n) is 3.07. The monoisotopic (exact) mass is 283 g/mol. The first kappa shape index (κ1) is 14.8.